The van der Waals surface area contributed by atoms with Gasteiger partial charge in [0.15, 0.2) is 0 Å². The van der Waals surface area contributed by atoms with Crippen LogP contribution < -0.4 is 11.2 Å². The van der Waals surface area contributed by atoms with Crippen molar-refractivity contribution >= 4 is 17.8 Å². The van der Waals surface area contributed by atoms with Crippen LogP contribution >= 0.6 is 0 Å². The summed E-state index contributed by atoms with van der Waals surface area (Å²) in [6.45, 7) is 7.94. The molecule has 0 unspecified atom stereocenters. The van der Waals surface area contributed by atoms with E-state index in [1.54, 1.807) is 30.5 Å². The summed E-state index contributed by atoms with van der Waals surface area (Å²) in [5, 5.41) is 16.1. The van der Waals surface area contributed by atoms with E-state index in [4.69, 9.17) is 0 Å². The molecule has 1 aromatic carbocycles. The first-order valence-electron chi connectivity index (χ1n) is 11.0. The molecule has 0 bridgehead atoms. The summed E-state index contributed by atoms with van der Waals surface area (Å²) in [5.41, 5.74) is -1.14. The molecule has 0 spiro atoms. The van der Waals surface area contributed by atoms with E-state index in [9.17, 15) is 24.1 Å². The second-order valence-corrected chi connectivity index (χ2v) is 8.98. The minimum Gasteiger partial charge on any atom is -0.287 e. The summed E-state index contributed by atoms with van der Waals surface area (Å²) in [6.07, 6.45) is 6.12. The summed E-state index contributed by atoms with van der Waals surface area (Å²) in [5.74, 6) is -0.373. The zero-order chi connectivity index (χ0) is 25.0. The number of aromatic nitrogens is 4. The molecule has 0 fully saturated rings. The van der Waals surface area contributed by atoms with E-state index in [2.05, 4.69) is 5.10 Å². The first kappa shape index (κ1) is 24.8. The van der Waals surface area contributed by atoms with Gasteiger partial charge >= 0.3 is 16.9 Å². The number of nitrogens with zero attached hydrogens (tertiary/aromatic N) is 5. The van der Waals surface area contributed by atoms with Crippen LogP contribution in [-0.2, 0) is 19.6 Å². The highest BCUT2D eigenvalue weighted by Crippen LogP contribution is 2.18. The van der Waals surface area contributed by atoms with E-state index < -0.39 is 21.9 Å². The zero-order valence-electron chi connectivity index (χ0n) is 19.6. The Morgan fingerprint density at radius 3 is 2.32 bits per heavy atom. The quantitative estimate of drug-likeness (QED) is 0.350. The number of benzene rings is 1. The normalized spacial score (nSPS) is 11.7. The van der Waals surface area contributed by atoms with Crippen molar-refractivity contribution in [1.29, 1.82) is 0 Å². The minimum absolute atomic E-state index is 0.0120. The fourth-order valence-corrected chi connectivity index (χ4v) is 3.64. The molecule has 0 radical (unpaired) electrons. The van der Waals surface area contributed by atoms with Gasteiger partial charge < -0.3 is 0 Å². The second kappa shape index (κ2) is 10.4. The summed E-state index contributed by atoms with van der Waals surface area (Å²) in [6, 6.07) is 6.37. The number of rotatable bonds is 9. The van der Waals surface area contributed by atoms with E-state index in [0.29, 0.717) is 11.1 Å². The lowest BCUT2D eigenvalue weighted by atomic mass is 10.2. The van der Waals surface area contributed by atoms with Crippen molar-refractivity contribution < 1.29 is 9.31 Å². The van der Waals surface area contributed by atoms with Gasteiger partial charge in [0, 0.05) is 30.4 Å². The molecule has 0 N–H and O–H groups in total. The lowest BCUT2D eigenvalue weighted by Gasteiger charge is -2.16. The van der Waals surface area contributed by atoms with Crippen LogP contribution in [0.3, 0.4) is 0 Å². The van der Waals surface area contributed by atoms with Crippen LogP contribution in [0.2, 0.25) is 0 Å². The van der Waals surface area contributed by atoms with Crippen LogP contribution in [0.15, 0.2) is 46.2 Å². The molecule has 2 aromatic heterocycles. The van der Waals surface area contributed by atoms with Gasteiger partial charge in [-0.25, -0.2) is 9.18 Å². The van der Waals surface area contributed by atoms with Gasteiger partial charge in [0.25, 0.3) is 0 Å². The molecule has 0 saturated carbocycles. The van der Waals surface area contributed by atoms with Crippen molar-refractivity contribution in [1.82, 2.24) is 18.9 Å². The number of halogens is 1. The molecule has 0 aliphatic rings. The van der Waals surface area contributed by atoms with Crippen LogP contribution in [0.1, 0.15) is 44.5 Å². The maximum atomic E-state index is 13.9. The molecule has 0 atom stereocenters. The maximum Gasteiger partial charge on any atom is 0.357 e. The molecule has 10 heteroatoms. The molecule has 9 nitrogen and oxygen atoms in total. The highest BCUT2D eigenvalue weighted by Gasteiger charge is 2.27. The summed E-state index contributed by atoms with van der Waals surface area (Å²) >= 11 is 0. The third-order valence-electron chi connectivity index (χ3n) is 5.10. The van der Waals surface area contributed by atoms with Gasteiger partial charge in [-0.15, -0.1) is 0 Å². The lowest BCUT2D eigenvalue weighted by Crippen LogP contribution is -2.43. The Morgan fingerprint density at radius 1 is 1.06 bits per heavy atom. The fraction of sp³-hybridized carbons (Fsp3) is 0.375. The van der Waals surface area contributed by atoms with E-state index >= 15 is 0 Å². The number of hydrogen-bond donors (Lipinski definition) is 0. The molecule has 0 saturated heterocycles. The Bertz CT molecular complexity index is 1330. The van der Waals surface area contributed by atoms with Crippen molar-refractivity contribution in [3.05, 3.63) is 90.2 Å². The van der Waals surface area contributed by atoms with E-state index in [1.165, 1.54) is 27.6 Å². The Balaban J connectivity index is 2.06. The predicted molar refractivity (Wildman–Crippen MR) is 128 cm³/mol. The molecule has 0 aliphatic carbocycles. The first-order chi connectivity index (χ1) is 16.1. The monoisotopic (exact) mass is 469 g/mol. The molecule has 3 rings (SSSR count). The largest absolute Gasteiger partial charge is 0.357 e. The average Bonchev–Trinajstić information content (AvgIpc) is 3.20. The maximum absolute atomic E-state index is 13.9. The van der Waals surface area contributed by atoms with Gasteiger partial charge in [0.2, 0.25) is 0 Å². The van der Waals surface area contributed by atoms with Gasteiger partial charge in [-0.05, 0) is 30.1 Å². The van der Waals surface area contributed by atoms with E-state index in [1.807, 2.05) is 27.7 Å². The summed E-state index contributed by atoms with van der Waals surface area (Å²) in [4.78, 5) is 37.2. The molecular formula is C24H28FN5O4. The minimum atomic E-state index is -0.918. The van der Waals surface area contributed by atoms with Crippen LogP contribution in [-0.4, -0.2) is 23.8 Å². The molecular weight excluding hydrogens is 441 g/mol. The van der Waals surface area contributed by atoms with Crippen LogP contribution in [0.25, 0.3) is 12.2 Å². The highest BCUT2D eigenvalue weighted by atomic mass is 19.1. The average molecular weight is 470 g/mol. The lowest BCUT2D eigenvalue weighted by molar-refractivity contribution is -0.387. The molecule has 3 aromatic rings. The van der Waals surface area contributed by atoms with E-state index in [0.717, 1.165) is 4.57 Å². The van der Waals surface area contributed by atoms with Gasteiger partial charge in [-0.1, -0.05) is 45.9 Å². The SMILES string of the molecule is CC(C)Cn1c(/C=C/c2cnn(Cc3ccccc3F)c2)c([N+](=O)[O-])c(=O)n(CC(C)C)c1=O. The Morgan fingerprint density at radius 2 is 1.71 bits per heavy atom. The molecule has 180 valence electrons. The Labute approximate surface area is 195 Å². The van der Waals surface area contributed by atoms with Crippen molar-refractivity contribution in [2.45, 2.75) is 47.3 Å². The molecule has 0 amide bonds. The third kappa shape index (κ3) is 5.56. The van der Waals surface area contributed by atoms with E-state index in [-0.39, 0.29) is 43.0 Å². The van der Waals surface area contributed by atoms with Crippen LogP contribution in [0.4, 0.5) is 10.1 Å². The standard InChI is InChI=1S/C24H28FN5O4/c1-16(2)12-28-21(22(30(33)34)23(31)29(24(28)32)13-17(3)4)10-9-18-11-26-27(14-18)15-19-7-5-6-8-20(19)25/h5-11,14,16-17H,12-13,15H2,1-4H3/b10-9+. The van der Waals surface area contributed by atoms with Gasteiger partial charge in [-0.2, -0.15) is 5.10 Å². The zero-order valence-corrected chi connectivity index (χ0v) is 19.6. The predicted octanol–water partition coefficient (Wildman–Crippen LogP) is 3.78. The fourth-order valence-electron chi connectivity index (χ4n) is 3.64. The highest BCUT2D eigenvalue weighted by molar-refractivity contribution is 5.71. The van der Waals surface area contributed by atoms with Crippen LogP contribution in [0, 0.1) is 27.8 Å². The smallest absolute Gasteiger partial charge is 0.287 e. The number of nitro groups is 1. The van der Waals surface area contributed by atoms with Crippen molar-refractivity contribution in [2.75, 3.05) is 0 Å². The van der Waals surface area contributed by atoms with Gasteiger partial charge in [0.1, 0.15) is 11.5 Å². The van der Waals surface area contributed by atoms with Gasteiger partial charge in [-0.3, -0.25) is 28.7 Å². The van der Waals surface area contributed by atoms with Gasteiger partial charge in [0.05, 0.1) is 17.7 Å². The van der Waals surface area contributed by atoms with Crippen molar-refractivity contribution in [3.8, 4) is 0 Å². The molecule has 2 heterocycles. The Kier molecular flexibility index (Phi) is 7.60. The second-order valence-electron chi connectivity index (χ2n) is 8.98. The molecule has 34 heavy (non-hydrogen) atoms. The van der Waals surface area contributed by atoms with Crippen molar-refractivity contribution in [3.63, 3.8) is 0 Å². The van der Waals surface area contributed by atoms with Crippen molar-refractivity contribution in [2.24, 2.45) is 11.8 Å². The first-order valence-corrected chi connectivity index (χ1v) is 11.0. The summed E-state index contributed by atoms with van der Waals surface area (Å²) < 4.78 is 17.7. The number of hydrogen-bond acceptors (Lipinski definition) is 5. The molecule has 0 aliphatic heterocycles. The Hall–Kier alpha value is -3.82. The van der Waals surface area contributed by atoms with Crippen LogP contribution in [0.5, 0.6) is 0 Å². The third-order valence-corrected chi connectivity index (χ3v) is 5.10. The summed E-state index contributed by atoms with van der Waals surface area (Å²) in [7, 11) is 0. The topological polar surface area (TPSA) is 105 Å².